The molecule has 0 bridgehead atoms. The number of halogens is 3. The summed E-state index contributed by atoms with van der Waals surface area (Å²) in [5.74, 6) is 0. The van der Waals surface area contributed by atoms with E-state index in [4.69, 9.17) is 0 Å². The third-order valence-corrected chi connectivity index (χ3v) is 49.7. The van der Waals surface area contributed by atoms with Crippen LogP contribution in [-0.2, 0) is 21.7 Å². The molecule has 4 aromatic carbocycles. The second kappa shape index (κ2) is 25.0. The molecule has 17 heteroatoms. The van der Waals surface area contributed by atoms with E-state index in [0.717, 1.165) is 0 Å². The van der Waals surface area contributed by atoms with E-state index in [2.05, 4.69) is 282 Å². The van der Waals surface area contributed by atoms with E-state index >= 15 is 0 Å². The van der Waals surface area contributed by atoms with Gasteiger partial charge in [0.2, 0.25) is 0 Å². The van der Waals surface area contributed by atoms with Crippen molar-refractivity contribution >= 4 is 188 Å². The van der Waals surface area contributed by atoms with Gasteiger partial charge in [-0.1, -0.05) is 359 Å². The molecule has 4 rings (SSSR count). The maximum atomic E-state index is 3.08. The van der Waals surface area contributed by atoms with Crippen LogP contribution in [0.2, 0.25) is 236 Å². The number of hydrogen-bond donors (Lipinski definition) is 0. The van der Waals surface area contributed by atoms with Crippen LogP contribution in [0.25, 0.3) is 0 Å². The Kier molecular flexibility index (Phi) is 25.4. The predicted molar refractivity (Wildman–Crippen MR) is 400 cm³/mol. The summed E-state index contributed by atoms with van der Waals surface area (Å²) in [6, 6.07) is 9.24. The Morgan fingerprint density at radius 1 is 0.212 bits per heavy atom. The van der Waals surface area contributed by atoms with Crippen molar-refractivity contribution in [2.75, 3.05) is 0 Å². The summed E-state index contributed by atoms with van der Waals surface area (Å²) < 4.78 is 0. The van der Waals surface area contributed by atoms with Crippen LogP contribution in [0.3, 0.4) is 0 Å². The van der Waals surface area contributed by atoms with Gasteiger partial charge in [-0.3, -0.25) is 0 Å². The molecular weight excluding hydrogens is 1280 g/mol. The minimum atomic E-state index is -3.58. The Balaban J connectivity index is 0.0000156. The predicted octanol–water partition coefficient (Wildman–Crippen LogP) is 1.57. The van der Waals surface area contributed by atoms with Gasteiger partial charge in [0.05, 0.1) is 96.9 Å². The van der Waals surface area contributed by atoms with E-state index in [-0.39, 0.29) is 58.9 Å². The third kappa shape index (κ3) is 15.5. The van der Waals surface area contributed by atoms with Gasteiger partial charge in [0.25, 0.3) is 0 Å². The summed E-state index contributed by atoms with van der Waals surface area (Å²) in [6.07, 6.45) is 0. The van der Waals surface area contributed by atoms with Crippen molar-refractivity contribution in [2.24, 2.45) is 0 Å². The fourth-order valence-corrected chi connectivity index (χ4v) is 64.3. The quantitative estimate of drug-likeness (QED) is 0.0910. The van der Waals surface area contributed by atoms with Crippen molar-refractivity contribution in [3.63, 3.8) is 0 Å². The SMILES string of the molecule is Cc1c(C)c(C)[c-]([Si](c2c([Si](C)(C)C)cc([Si](C)(C)C)c([Si](C)(C)C)c2[Si](C)(C)C)(c2c([Si](C)(C)C)cc([Si](C)(C)C)c([Si](C)(C)C)c2[Si](C)(C)C)c2c([Si](C)(C)C)cc([Si](C)(C)C)c([Si](C)(C)C)c2[Si](C)(C)C)c1C.[Cl-].[Cl-].[Cl-].[Ti+4]. The van der Waals surface area contributed by atoms with Crippen molar-refractivity contribution < 1.29 is 58.9 Å². The molecule has 0 aliphatic carbocycles. The van der Waals surface area contributed by atoms with Gasteiger partial charge in [-0.2, -0.15) is 22.3 Å². The van der Waals surface area contributed by atoms with Gasteiger partial charge in [0.15, 0.2) is 0 Å². The maximum absolute atomic E-state index is 3.58. The molecule has 0 amide bonds. The van der Waals surface area contributed by atoms with E-state index in [1.807, 2.05) is 83.0 Å². The Morgan fingerprint density at radius 2 is 0.350 bits per heavy atom. The summed E-state index contributed by atoms with van der Waals surface area (Å²) in [7, 11) is -28.8. The summed E-state index contributed by atoms with van der Waals surface area (Å²) in [6.45, 7) is 111. The van der Waals surface area contributed by atoms with Gasteiger partial charge in [0.1, 0.15) is 8.07 Å². The van der Waals surface area contributed by atoms with Gasteiger partial charge in [-0.15, -0.1) is 5.19 Å². The monoisotopic (exact) mass is 1400 g/mol. The van der Waals surface area contributed by atoms with Crippen LogP contribution in [0.4, 0.5) is 0 Å². The van der Waals surface area contributed by atoms with Crippen LogP contribution in [0.15, 0.2) is 18.2 Å². The first-order chi connectivity index (χ1) is 33.0. The molecule has 4 aromatic rings. The van der Waals surface area contributed by atoms with E-state index in [1.165, 1.54) is 0 Å². The minimum absolute atomic E-state index is 0. The van der Waals surface area contributed by atoms with Crippen molar-refractivity contribution in [3.05, 3.63) is 40.5 Å². The van der Waals surface area contributed by atoms with Crippen LogP contribution >= 0.6 is 0 Å². The molecule has 0 saturated heterocycles. The van der Waals surface area contributed by atoms with E-state index in [9.17, 15) is 0 Å². The molecule has 0 radical (unpaired) electrons. The molecule has 0 fully saturated rings. The molecule has 0 unspecified atom stereocenters. The van der Waals surface area contributed by atoms with Gasteiger partial charge in [0, 0.05) is 0 Å². The average molecular weight is 1400 g/mol. The third-order valence-electron chi connectivity index (χ3n) is 17.3. The molecule has 80 heavy (non-hydrogen) atoms. The maximum Gasteiger partial charge on any atom is 4.00 e. The molecule has 0 heterocycles. The fourth-order valence-electron chi connectivity index (χ4n) is 13.9. The normalized spacial score (nSPS) is 14.1. The molecule has 0 aliphatic heterocycles. The van der Waals surface area contributed by atoms with Gasteiger partial charge in [-0.25, -0.2) is 0 Å². The van der Waals surface area contributed by atoms with E-state index < -0.39 is 105 Å². The summed E-state index contributed by atoms with van der Waals surface area (Å²) in [5.41, 5.74) is 6.43. The summed E-state index contributed by atoms with van der Waals surface area (Å²) >= 11 is 0. The first-order valence-electron chi connectivity index (χ1n) is 30.0. The second-order valence-electron chi connectivity index (χ2n) is 36.9. The Labute approximate surface area is 545 Å². The second-order valence-corrected chi connectivity index (χ2v) is 101. The van der Waals surface area contributed by atoms with Crippen molar-refractivity contribution in [3.8, 4) is 0 Å². The number of rotatable bonds is 16. The van der Waals surface area contributed by atoms with E-state index in [0.29, 0.717) is 0 Å². The Morgan fingerprint density at radius 3 is 0.475 bits per heavy atom. The zero-order valence-electron chi connectivity index (χ0n) is 59.9. The Hall–Kier alpha value is 1.41. The molecular formula is C63H123Cl3Si13Ti. The topological polar surface area (TPSA) is 0 Å². The molecule has 0 aromatic heterocycles. The standard InChI is InChI=1S/C63H123Si13.3ClH.Ti/c1-44-45(2)47(4)54(46(44)3)76(58-51(67(14,15)16)41-48(64(5,6)7)55(70(23,24)25)61(58)73(32,33)34,59-52(68(17,18)19)42-49(65(8,9)10)56(71(26,27)28)62(59)74(35,36)37)60-53(69(20,21)22)43-50(66(11,12)13)57(72(29,30)31)63(60)75(38,39)40;;;;/h41-43H,1-40H3;3*1H;/q-1;;;;+4/p-3. The summed E-state index contributed by atoms with van der Waals surface area (Å²) in [4.78, 5) is 0. The first kappa shape index (κ1) is 81.4. The van der Waals surface area contributed by atoms with Crippen molar-refractivity contribution in [2.45, 2.75) is 263 Å². The molecule has 452 valence electrons. The van der Waals surface area contributed by atoms with E-state index in [1.54, 1.807) is 22.3 Å². The van der Waals surface area contributed by atoms with Crippen LogP contribution in [0, 0.1) is 27.7 Å². The zero-order chi connectivity index (χ0) is 60.2. The minimum Gasteiger partial charge on any atom is -1.00 e. The fraction of sp³-hybridized carbons (Fsp3) is 0.635. The van der Waals surface area contributed by atoms with Gasteiger partial charge in [-0.05, 0) is 0 Å². The first-order valence-corrected chi connectivity index (χ1v) is 74.0. The molecule has 0 nitrogen and oxygen atoms in total. The smallest absolute Gasteiger partial charge is 1.00 e. The van der Waals surface area contributed by atoms with Crippen LogP contribution in [0.1, 0.15) is 22.3 Å². The van der Waals surface area contributed by atoms with Gasteiger partial charge < -0.3 is 37.2 Å². The average Bonchev–Trinajstić information content (AvgIpc) is 3.33. The molecule has 0 saturated carbocycles. The summed E-state index contributed by atoms with van der Waals surface area (Å²) in [5, 5.41) is 30.5. The largest absolute Gasteiger partial charge is 4.00 e. The van der Waals surface area contributed by atoms with Gasteiger partial charge >= 0.3 is 21.7 Å². The van der Waals surface area contributed by atoms with Crippen LogP contribution < -0.4 is 120 Å². The molecule has 0 atom stereocenters. The zero-order valence-corrected chi connectivity index (χ0v) is 76.7. The number of hydrogen-bond acceptors (Lipinski definition) is 0. The van der Waals surface area contributed by atoms with Crippen LogP contribution in [-0.4, -0.2) is 105 Å². The Bertz CT molecular complexity index is 2610. The van der Waals surface area contributed by atoms with Crippen molar-refractivity contribution in [1.82, 2.24) is 0 Å². The molecule has 0 spiro atoms. The van der Waals surface area contributed by atoms with Crippen LogP contribution in [0.5, 0.6) is 0 Å². The van der Waals surface area contributed by atoms with Crippen molar-refractivity contribution in [1.29, 1.82) is 0 Å². The molecule has 0 N–H and O–H groups in total. The molecule has 0 aliphatic rings. The number of benzene rings is 3.